The Labute approximate surface area is 206 Å². The van der Waals surface area contributed by atoms with E-state index in [1.807, 2.05) is 0 Å². The lowest BCUT2D eigenvalue weighted by atomic mass is 10.1. The van der Waals surface area contributed by atoms with Gasteiger partial charge in [-0.1, -0.05) is 0 Å². The zero-order chi connectivity index (χ0) is 27.4. The fraction of sp³-hybridized carbons (Fsp3) is 0.650. The van der Waals surface area contributed by atoms with Gasteiger partial charge in [0.05, 0.1) is 12.5 Å². The summed E-state index contributed by atoms with van der Waals surface area (Å²) < 4.78 is 0. The molecule has 16 heteroatoms. The number of carbonyl (C=O) groups is 6. The first kappa shape index (κ1) is 30.1. The monoisotopic (exact) mass is 514 g/mol. The van der Waals surface area contributed by atoms with Gasteiger partial charge >= 0.3 is 11.9 Å². The van der Waals surface area contributed by atoms with Crippen molar-refractivity contribution < 1.29 is 39.0 Å². The van der Waals surface area contributed by atoms with Crippen LogP contribution in [0.1, 0.15) is 44.9 Å². The Morgan fingerprint density at radius 3 is 2.17 bits per heavy atom. The normalized spacial score (nSPS) is 17.4. The van der Waals surface area contributed by atoms with Crippen molar-refractivity contribution in [3.05, 3.63) is 0 Å². The molecule has 4 atom stereocenters. The van der Waals surface area contributed by atoms with E-state index in [2.05, 4.69) is 15.6 Å². The average molecular weight is 515 g/mol. The van der Waals surface area contributed by atoms with Gasteiger partial charge in [-0.2, -0.15) is 0 Å². The number of nitrogens with zero attached hydrogens (tertiary/aromatic N) is 2. The molecule has 0 radical (unpaired) electrons. The molecule has 0 bridgehead atoms. The van der Waals surface area contributed by atoms with Gasteiger partial charge in [-0.3, -0.25) is 29.0 Å². The van der Waals surface area contributed by atoms with Crippen LogP contribution in [0.5, 0.6) is 0 Å². The van der Waals surface area contributed by atoms with Crippen LogP contribution in [-0.4, -0.2) is 93.9 Å². The van der Waals surface area contributed by atoms with E-state index in [4.69, 9.17) is 28.0 Å². The van der Waals surface area contributed by atoms with Crippen LogP contribution in [0, 0.1) is 0 Å². The van der Waals surface area contributed by atoms with Crippen molar-refractivity contribution in [1.29, 1.82) is 0 Å². The van der Waals surface area contributed by atoms with Gasteiger partial charge in [-0.05, 0) is 32.1 Å². The largest absolute Gasteiger partial charge is 0.481 e. The lowest BCUT2D eigenvalue weighted by molar-refractivity contribution is -0.150. The number of primary amides is 1. The van der Waals surface area contributed by atoms with E-state index in [0.717, 1.165) is 4.90 Å². The van der Waals surface area contributed by atoms with Crippen LogP contribution >= 0.6 is 0 Å². The van der Waals surface area contributed by atoms with Crippen molar-refractivity contribution in [2.75, 3.05) is 13.1 Å². The maximum absolute atomic E-state index is 13.0. The Hall–Kier alpha value is -3.95. The number of hydrogen-bond donors (Lipinski definition) is 8. The summed E-state index contributed by atoms with van der Waals surface area (Å²) in [4.78, 5) is 77.2. The van der Waals surface area contributed by atoms with E-state index in [9.17, 15) is 33.9 Å². The smallest absolute Gasteiger partial charge is 0.326 e. The minimum atomic E-state index is -1.51. The predicted octanol–water partition coefficient (Wildman–Crippen LogP) is -3.85. The number of likely N-dealkylation sites (tertiary alicyclic amines) is 1. The van der Waals surface area contributed by atoms with Gasteiger partial charge in [-0.25, -0.2) is 4.79 Å². The lowest BCUT2D eigenvalue weighted by Gasteiger charge is -2.28. The quantitative estimate of drug-likeness (QED) is 0.0594. The van der Waals surface area contributed by atoms with Crippen LogP contribution in [-0.2, 0) is 28.8 Å². The van der Waals surface area contributed by atoms with Gasteiger partial charge in [0.2, 0.25) is 23.6 Å². The number of aliphatic carboxylic acids is 2. The molecule has 1 aliphatic rings. The molecule has 1 fully saturated rings. The van der Waals surface area contributed by atoms with Gasteiger partial charge in [0, 0.05) is 19.5 Å². The maximum Gasteiger partial charge on any atom is 0.326 e. The lowest BCUT2D eigenvalue weighted by Crippen LogP contribution is -2.57. The molecule has 16 nitrogen and oxygen atoms in total. The number of carbonyl (C=O) groups excluding carboxylic acids is 4. The molecule has 1 heterocycles. The summed E-state index contributed by atoms with van der Waals surface area (Å²) in [5.41, 5.74) is 21.4. The van der Waals surface area contributed by atoms with Crippen LogP contribution in [0.4, 0.5) is 0 Å². The molecule has 0 spiro atoms. The molecular formula is C20H34N8O8. The van der Waals surface area contributed by atoms with Gasteiger partial charge in [0.1, 0.15) is 18.1 Å². The van der Waals surface area contributed by atoms with E-state index in [1.165, 1.54) is 0 Å². The van der Waals surface area contributed by atoms with Crippen molar-refractivity contribution in [2.45, 2.75) is 69.1 Å². The number of aliphatic imine (C=N–C) groups is 1. The second-order valence-corrected chi connectivity index (χ2v) is 8.31. The standard InChI is InChI=1S/C20H34N8O8/c21-10(3-1-7-25-20(23)24)16(32)27-12(9-14(22)29)17(33)26-11(5-6-15(30)31)18(34)28-8-2-4-13(28)19(35)36/h10-13H,1-9,21H2,(H2,22,29)(H,26,33)(H,27,32)(H,30,31)(H,35,36)(H4,23,24,25). The molecular weight excluding hydrogens is 480 g/mol. The van der Waals surface area contributed by atoms with E-state index in [-0.39, 0.29) is 38.3 Å². The Bertz CT molecular complexity index is 876. The summed E-state index contributed by atoms with van der Waals surface area (Å²) in [6, 6.07) is -5.10. The van der Waals surface area contributed by atoms with Gasteiger partial charge in [-0.15, -0.1) is 0 Å². The molecule has 0 aromatic rings. The molecule has 36 heavy (non-hydrogen) atoms. The number of guanidine groups is 1. The number of amides is 4. The van der Waals surface area contributed by atoms with E-state index in [1.54, 1.807) is 0 Å². The van der Waals surface area contributed by atoms with Crippen LogP contribution in [0.15, 0.2) is 4.99 Å². The first-order valence-electron chi connectivity index (χ1n) is 11.3. The highest BCUT2D eigenvalue weighted by Crippen LogP contribution is 2.19. The fourth-order valence-corrected chi connectivity index (χ4v) is 3.62. The topological polar surface area (TPSA) is 287 Å². The summed E-state index contributed by atoms with van der Waals surface area (Å²) in [6.07, 6.45) is -0.338. The molecule has 0 saturated carbocycles. The number of carboxylic acids is 2. The Morgan fingerprint density at radius 2 is 1.61 bits per heavy atom. The van der Waals surface area contributed by atoms with Crippen molar-refractivity contribution in [1.82, 2.24) is 15.5 Å². The SMILES string of the molecule is NC(=O)CC(NC(=O)C(N)CCCN=C(N)N)C(=O)NC(CCC(=O)O)C(=O)N1CCCC1C(=O)O. The summed E-state index contributed by atoms with van der Waals surface area (Å²) in [6.45, 7) is 0.334. The molecule has 1 saturated heterocycles. The van der Waals surface area contributed by atoms with Crippen molar-refractivity contribution in [3.63, 3.8) is 0 Å². The van der Waals surface area contributed by atoms with Crippen LogP contribution in [0.2, 0.25) is 0 Å². The highest BCUT2D eigenvalue weighted by atomic mass is 16.4. The first-order valence-corrected chi connectivity index (χ1v) is 11.3. The first-order chi connectivity index (χ1) is 16.8. The zero-order valence-electron chi connectivity index (χ0n) is 19.7. The van der Waals surface area contributed by atoms with Gasteiger partial charge < -0.3 is 48.7 Å². The molecule has 0 aromatic carbocycles. The van der Waals surface area contributed by atoms with Crippen molar-refractivity contribution >= 4 is 41.5 Å². The number of nitrogens with one attached hydrogen (secondary N) is 2. The minimum absolute atomic E-state index is 0.116. The predicted molar refractivity (Wildman–Crippen MR) is 125 cm³/mol. The van der Waals surface area contributed by atoms with E-state index in [0.29, 0.717) is 12.8 Å². The number of rotatable bonds is 15. The van der Waals surface area contributed by atoms with Crippen LogP contribution in [0.25, 0.3) is 0 Å². The van der Waals surface area contributed by atoms with E-state index >= 15 is 0 Å². The Morgan fingerprint density at radius 1 is 0.972 bits per heavy atom. The van der Waals surface area contributed by atoms with E-state index < -0.39 is 72.6 Å². The molecule has 4 unspecified atom stereocenters. The molecule has 1 rings (SSSR count). The zero-order valence-corrected chi connectivity index (χ0v) is 19.7. The van der Waals surface area contributed by atoms with Gasteiger partial charge in [0.25, 0.3) is 0 Å². The average Bonchev–Trinajstić information content (AvgIpc) is 3.28. The number of carboxylic acid groups (broad SMARTS) is 2. The summed E-state index contributed by atoms with van der Waals surface area (Å²) in [5, 5.41) is 23.0. The fourth-order valence-electron chi connectivity index (χ4n) is 3.62. The highest BCUT2D eigenvalue weighted by molar-refractivity contribution is 5.96. The summed E-state index contributed by atoms with van der Waals surface area (Å²) in [5.74, 6) is -6.07. The maximum atomic E-state index is 13.0. The van der Waals surface area contributed by atoms with Crippen LogP contribution in [0.3, 0.4) is 0 Å². The van der Waals surface area contributed by atoms with Gasteiger partial charge in [0.15, 0.2) is 5.96 Å². The Kier molecular flexibility index (Phi) is 12.1. The second-order valence-electron chi connectivity index (χ2n) is 8.31. The molecule has 0 aromatic heterocycles. The molecule has 1 aliphatic heterocycles. The van der Waals surface area contributed by atoms with Crippen LogP contribution < -0.4 is 33.6 Å². The molecule has 202 valence electrons. The highest BCUT2D eigenvalue weighted by Gasteiger charge is 2.38. The van der Waals surface area contributed by atoms with Crippen molar-refractivity contribution in [2.24, 2.45) is 27.9 Å². The third-order valence-electron chi connectivity index (χ3n) is 5.43. The molecule has 4 amide bonds. The second kappa shape index (κ2) is 14.4. The molecule has 0 aliphatic carbocycles. The summed E-state index contributed by atoms with van der Waals surface area (Å²) >= 11 is 0. The number of hydrogen-bond acceptors (Lipinski definition) is 8. The minimum Gasteiger partial charge on any atom is -0.481 e. The third-order valence-corrected chi connectivity index (χ3v) is 5.43. The Balaban J connectivity index is 2.95. The van der Waals surface area contributed by atoms with Crippen molar-refractivity contribution in [3.8, 4) is 0 Å². The third kappa shape index (κ3) is 10.1. The molecule has 12 N–H and O–H groups in total. The number of nitrogens with two attached hydrogens (primary N) is 4. The summed E-state index contributed by atoms with van der Waals surface area (Å²) in [7, 11) is 0.